The molecule has 1 aromatic carbocycles. The summed E-state index contributed by atoms with van der Waals surface area (Å²) in [5, 5.41) is 3.00. The SMILES string of the molecule is Cc1ccc(C)c(C(=O)NC[C@H]2CN(CC3CCN(CC4CC4)CC3)C(=O)CO2)c1. The Balaban J connectivity index is 1.23. The molecule has 1 aromatic rings. The summed E-state index contributed by atoms with van der Waals surface area (Å²) in [6.07, 6.45) is 5.01. The molecular weight excluding hydrogens is 378 g/mol. The van der Waals surface area contributed by atoms with E-state index in [1.807, 2.05) is 36.9 Å². The van der Waals surface area contributed by atoms with Gasteiger partial charge in [-0.25, -0.2) is 0 Å². The molecule has 3 aliphatic rings. The number of amides is 2. The van der Waals surface area contributed by atoms with Crippen molar-refractivity contribution in [2.45, 2.75) is 45.6 Å². The molecule has 0 bridgehead atoms. The number of piperidine rings is 1. The molecule has 1 aliphatic carbocycles. The molecule has 1 atom stereocenters. The lowest BCUT2D eigenvalue weighted by atomic mass is 9.95. The second-order valence-corrected chi connectivity index (χ2v) is 9.45. The number of nitrogens with one attached hydrogen (secondary N) is 1. The highest BCUT2D eigenvalue weighted by atomic mass is 16.5. The summed E-state index contributed by atoms with van der Waals surface area (Å²) in [6, 6.07) is 5.89. The average molecular weight is 414 g/mol. The second kappa shape index (κ2) is 9.48. The van der Waals surface area contributed by atoms with Crippen LogP contribution in [0.15, 0.2) is 18.2 Å². The van der Waals surface area contributed by atoms with E-state index in [9.17, 15) is 9.59 Å². The van der Waals surface area contributed by atoms with E-state index in [1.54, 1.807) is 0 Å². The minimum absolute atomic E-state index is 0.0764. The van der Waals surface area contributed by atoms with E-state index >= 15 is 0 Å². The minimum atomic E-state index is -0.147. The highest BCUT2D eigenvalue weighted by molar-refractivity contribution is 5.95. The summed E-state index contributed by atoms with van der Waals surface area (Å²) in [5.41, 5.74) is 2.74. The number of rotatable bonds is 7. The maximum absolute atomic E-state index is 12.6. The Hall–Kier alpha value is -1.92. The summed E-state index contributed by atoms with van der Waals surface area (Å²) in [6.45, 7) is 9.45. The number of morpholine rings is 1. The van der Waals surface area contributed by atoms with Gasteiger partial charge in [0.1, 0.15) is 6.61 Å². The van der Waals surface area contributed by atoms with Crippen LogP contribution in [0.1, 0.15) is 47.2 Å². The number of aryl methyl sites for hydroxylation is 2. The first-order valence-electron chi connectivity index (χ1n) is 11.4. The zero-order valence-electron chi connectivity index (χ0n) is 18.4. The molecule has 6 nitrogen and oxygen atoms in total. The molecule has 30 heavy (non-hydrogen) atoms. The molecule has 2 amide bonds. The molecule has 164 valence electrons. The molecule has 4 rings (SSSR count). The van der Waals surface area contributed by atoms with E-state index in [0.29, 0.717) is 24.6 Å². The van der Waals surface area contributed by atoms with Gasteiger partial charge < -0.3 is 19.9 Å². The summed E-state index contributed by atoms with van der Waals surface area (Å²) in [7, 11) is 0. The number of benzene rings is 1. The number of nitrogens with zero attached hydrogens (tertiary/aromatic N) is 2. The molecule has 0 radical (unpaired) electrons. The Morgan fingerprint density at radius 3 is 2.57 bits per heavy atom. The first-order chi connectivity index (χ1) is 14.5. The van der Waals surface area contributed by atoms with Crippen LogP contribution in [0.5, 0.6) is 0 Å². The van der Waals surface area contributed by atoms with Crippen molar-refractivity contribution in [3.63, 3.8) is 0 Å². The fraction of sp³-hybridized carbons (Fsp3) is 0.667. The van der Waals surface area contributed by atoms with Gasteiger partial charge in [0.2, 0.25) is 5.91 Å². The van der Waals surface area contributed by atoms with Crippen molar-refractivity contribution >= 4 is 11.8 Å². The number of hydrogen-bond donors (Lipinski definition) is 1. The van der Waals surface area contributed by atoms with Gasteiger partial charge in [0.15, 0.2) is 0 Å². The topological polar surface area (TPSA) is 61.9 Å². The largest absolute Gasteiger partial charge is 0.365 e. The normalized spacial score (nSPS) is 23.6. The van der Waals surface area contributed by atoms with Crippen molar-refractivity contribution in [3.05, 3.63) is 34.9 Å². The molecule has 0 aromatic heterocycles. The molecule has 1 saturated carbocycles. The first kappa shape index (κ1) is 21.3. The molecular formula is C24H35N3O3. The predicted octanol–water partition coefficient (Wildman–Crippen LogP) is 2.38. The maximum atomic E-state index is 12.6. The van der Waals surface area contributed by atoms with Gasteiger partial charge in [0.25, 0.3) is 5.91 Å². The van der Waals surface area contributed by atoms with Crippen LogP contribution in [-0.2, 0) is 9.53 Å². The monoisotopic (exact) mass is 413 g/mol. The van der Waals surface area contributed by atoms with Gasteiger partial charge in [-0.05, 0) is 76.1 Å². The van der Waals surface area contributed by atoms with Crippen LogP contribution in [0.25, 0.3) is 0 Å². The standard InChI is InChI=1S/C24H35N3O3/c1-17-3-4-18(2)22(11-17)24(29)25-12-21-15-27(23(28)16-30-21)14-20-7-9-26(10-8-20)13-19-5-6-19/h3-4,11,19-21H,5-10,12-16H2,1-2H3,(H,25,29)/t21-/m0/s1. The Bertz CT molecular complexity index is 769. The highest BCUT2D eigenvalue weighted by Gasteiger charge is 2.31. The summed E-state index contributed by atoms with van der Waals surface area (Å²) < 4.78 is 5.70. The number of likely N-dealkylation sites (tertiary alicyclic amines) is 1. The van der Waals surface area contributed by atoms with Crippen molar-refractivity contribution in [2.75, 3.05) is 45.9 Å². The molecule has 3 fully saturated rings. The lowest BCUT2D eigenvalue weighted by molar-refractivity contribution is -0.149. The molecule has 2 aliphatic heterocycles. The Morgan fingerprint density at radius 1 is 1.10 bits per heavy atom. The summed E-state index contributed by atoms with van der Waals surface area (Å²) >= 11 is 0. The predicted molar refractivity (Wildman–Crippen MR) is 116 cm³/mol. The Kier molecular flexibility index (Phi) is 6.74. The van der Waals surface area contributed by atoms with Gasteiger partial charge in [-0.3, -0.25) is 9.59 Å². The van der Waals surface area contributed by atoms with Gasteiger partial charge in [-0.1, -0.05) is 17.7 Å². The molecule has 1 N–H and O–H groups in total. The van der Waals surface area contributed by atoms with Crippen LogP contribution in [0.4, 0.5) is 0 Å². The van der Waals surface area contributed by atoms with Gasteiger partial charge in [-0.15, -0.1) is 0 Å². The van der Waals surface area contributed by atoms with Gasteiger partial charge in [0.05, 0.1) is 6.10 Å². The van der Waals surface area contributed by atoms with Gasteiger partial charge >= 0.3 is 0 Å². The Labute approximate surface area is 179 Å². The maximum Gasteiger partial charge on any atom is 0.251 e. The lowest BCUT2D eigenvalue weighted by Gasteiger charge is -2.38. The van der Waals surface area contributed by atoms with Gasteiger partial charge in [-0.2, -0.15) is 0 Å². The van der Waals surface area contributed by atoms with E-state index in [4.69, 9.17) is 4.74 Å². The quantitative estimate of drug-likeness (QED) is 0.746. The van der Waals surface area contributed by atoms with Crippen molar-refractivity contribution in [1.29, 1.82) is 0 Å². The van der Waals surface area contributed by atoms with Crippen LogP contribution >= 0.6 is 0 Å². The molecule has 0 unspecified atom stereocenters. The van der Waals surface area contributed by atoms with Crippen molar-refractivity contribution in [1.82, 2.24) is 15.1 Å². The van der Waals surface area contributed by atoms with E-state index in [2.05, 4.69) is 10.2 Å². The number of carbonyl (C=O) groups is 2. The fourth-order valence-electron chi connectivity index (χ4n) is 4.59. The van der Waals surface area contributed by atoms with E-state index < -0.39 is 0 Å². The average Bonchev–Trinajstić information content (AvgIpc) is 3.55. The van der Waals surface area contributed by atoms with Crippen molar-refractivity contribution in [2.24, 2.45) is 11.8 Å². The first-order valence-corrected chi connectivity index (χ1v) is 11.4. The second-order valence-electron chi connectivity index (χ2n) is 9.45. The highest BCUT2D eigenvalue weighted by Crippen LogP contribution is 2.31. The smallest absolute Gasteiger partial charge is 0.251 e. The van der Waals surface area contributed by atoms with E-state index in [-0.39, 0.29) is 24.5 Å². The third-order valence-electron chi connectivity index (χ3n) is 6.75. The fourth-order valence-corrected chi connectivity index (χ4v) is 4.59. The molecule has 6 heteroatoms. The van der Waals surface area contributed by atoms with Crippen LogP contribution in [-0.4, -0.2) is 73.6 Å². The van der Waals surface area contributed by atoms with Crippen LogP contribution in [0.3, 0.4) is 0 Å². The summed E-state index contributed by atoms with van der Waals surface area (Å²) in [4.78, 5) is 29.5. The minimum Gasteiger partial charge on any atom is -0.365 e. The lowest BCUT2D eigenvalue weighted by Crippen LogP contribution is -2.52. The molecule has 2 heterocycles. The van der Waals surface area contributed by atoms with Crippen LogP contribution in [0.2, 0.25) is 0 Å². The number of ether oxygens (including phenoxy) is 1. The third kappa shape index (κ3) is 5.61. The van der Waals surface area contributed by atoms with E-state index in [0.717, 1.165) is 36.7 Å². The zero-order valence-corrected chi connectivity index (χ0v) is 18.4. The Morgan fingerprint density at radius 2 is 1.83 bits per heavy atom. The zero-order chi connectivity index (χ0) is 21.1. The van der Waals surface area contributed by atoms with Crippen molar-refractivity contribution in [3.8, 4) is 0 Å². The summed E-state index contributed by atoms with van der Waals surface area (Å²) in [5.74, 6) is 1.52. The number of carbonyl (C=O) groups excluding carboxylic acids is 2. The van der Waals surface area contributed by atoms with Gasteiger partial charge in [0, 0.05) is 31.7 Å². The van der Waals surface area contributed by atoms with Crippen LogP contribution in [0, 0.1) is 25.7 Å². The molecule has 0 spiro atoms. The van der Waals surface area contributed by atoms with Crippen molar-refractivity contribution < 1.29 is 14.3 Å². The third-order valence-corrected chi connectivity index (χ3v) is 6.75. The van der Waals surface area contributed by atoms with Crippen LogP contribution < -0.4 is 5.32 Å². The van der Waals surface area contributed by atoms with E-state index in [1.165, 1.54) is 32.2 Å². The molecule has 2 saturated heterocycles. The number of hydrogen-bond acceptors (Lipinski definition) is 4.